The molecule has 0 amide bonds. The molecule has 64 heavy (non-hydrogen) atoms. The number of hydrogen-bond donors (Lipinski definition) is 0. The number of halogens is 2. The van der Waals surface area contributed by atoms with Crippen molar-refractivity contribution in [3.8, 4) is 67.2 Å². The molecule has 2 aromatic heterocycles. The summed E-state index contributed by atoms with van der Waals surface area (Å²) in [5.74, 6) is 3.74. The van der Waals surface area contributed by atoms with Gasteiger partial charge in [0, 0.05) is 0 Å². The summed E-state index contributed by atoms with van der Waals surface area (Å²) in [5, 5.41) is 5.09. The number of rotatable bonds is 6. The summed E-state index contributed by atoms with van der Waals surface area (Å²) < 4.78 is 11.7. The Labute approximate surface area is 406 Å². The van der Waals surface area contributed by atoms with Gasteiger partial charge in [0.05, 0.1) is 23.0 Å². The van der Waals surface area contributed by atoms with Crippen molar-refractivity contribution in [1.82, 2.24) is 0 Å². The van der Waals surface area contributed by atoms with Crippen LogP contribution in [0.15, 0.2) is 179 Å². The van der Waals surface area contributed by atoms with E-state index in [9.17, 15) is 0 Å². The van der Waals surface area contributed by atoms with E-state index in [-0.39, 0.29) is 30.2 Å². The van der Waals surface area contributed by atoms with Crippen LogP contribution in [0, 0.1) is 41.5 Å². The van der Waals surface area contributed by atoms with E-state index in [0.717, 1.165) is 34.2 Å². The minimum absolute atomic E-state index is 0. The first-order valence-corrected chi connectivity index (χ1v) is 27.5. The summed E-state index contributed by atoms with van der Waals surface area (Å²) in [5.41, 5.74) is 17.9. The molecule has 0 unspecified atom stereocenters. The Bertz CT molecular complexity index is 2940. The van der Waals surface area contributed by atoms with Crippen LogP contribution in [0.1, 0.15) is 33.8 Å². The number of aryl methyl sites for hydroxylation is 4. The van der Waals surface area contributed by atoms with Crippen molar-refractivity contribution in [3.63, 3.8) is 0 Å². The molecule has 0 N–H and O–H groups in total. The van der Waals surface area contributed by atoms with E-state index in [4.69, 9.17) is 8.83 Å². The predicted molar refractivity (Wildman–Crippen MR) is 277 cm³/mol. The van der Waals surface area contributed by atoms with Crippen LogP contribution in [0.5, 0.6) is 0 Å². The van der Waals surface area contributed by atoms with Crippen LogP contribution in [-0.4, -0.2) is 5.43 Å². The Morgan fingerprint density at radius 3 is 1.03 bits per heavy atom. The van der Waals surface area contributed by atoms with Crippen LogP contribution < -0.4 is 0 Å². The van der Waals surface area contributed by atoms with Crippen molar-refractivity contribution < 1.29 is 32.2 Å². The van der Waals surface area contributed by atoms with Crippen molar-refractivity contribution in [1.29, 1.82) is 0 Å². The smallest absolute Gasteiger partial charge is 0.0896 e. The first-order chi connectivity index (χ1) is 29.9. The van der Waals surface area contributed by atoms with E-state index in [1.165, 1.54) is 88.3 Å². The van der Waals surface area contributed by atoms with Gasteiger partial charge in [-0.1, -0.05) is 143 Å². The number of furan rings is 2. The molecule has 10 aromatic rings. The van der Waals surface area contributed by atoms with E-state index in [1.54, 1.807) is 23.3 Å². The summed E-state index contributed by atoms with van der Waals surface area (Å²) in [4.78, 5) is 0. The summed E-state index contributed by atoms with van der Waals surface area (Å²) in [7, 11) is 0. The minimum atomic E-state index is 0. The van der Waals surface area contributed by atoms with Crippen LogP contribution in [0.25, 0.3) is 88.7 Å². The molecule has 10 rings (SSSR count). The van der Waals surface area contributed by atoms with Crippen LogP contribution in [0.3, 0.4) is 0 Å². The Balaban J connectivity index is 0.000000191. The standard InChI is InChI=1S/2C28H23O.C2H6Si.2ClH.Zr/c2*1-18-15-24-16-25(27-14-9-19(2)29-27)17-26(24)28(20(18)3)23-12-10-22(11-13-23)21-7-5-4-6-8-21;1-3-2;;;/h2*4-17H,1-3H3;1-2H3;2*1H;/q2*-1;;;;+2. The average molecular weight is 973 g/mol. The third-order valence-electron chi connectivity index (χ3n) is 11.7. The predicted octanol–water partition coefficient (Wildman–Crippen LogP) is 17.8. The van der Waals surface area contributed by atoms with Gasteiger partial charge in [0.15, 0.2) is 0 Å². The molecule has 0 saturated carbocycles. The quantitative estimate of drug-likeness (QED) is 0.123. The van der Waals surface area contributed by atoms with Gasteiger partial charge in [0.25, 0.3) is 0 Å². The second-order valence-electron chi connectivity index (χ2n) is 16.6. The molecule has 2 nitrogen and oxygen atoms in total. The Kier molecular flexibility index (Phi) is 16.0. The molecule has 0 bridgehead atoms. The maximum absolute atomic E-state index is 5.87. The SMILES string of the molecule is C[Si](C)=[Zr+2].Cc1ccc(-c2cc3c(-c4ccc(-c5ccccc5)cc4)c(C)c(C)cc3[cH-]2)o1.Cc1ccc(-c2cc3c(-c4ccc(-c5ccccc5)cc4)c(C)c(C)cc3[cH-]2)o1.Cl.Cl. The zero-order valence-electron chi connectivity index (χ0n) is 37.8. The topological polar surface area (TPSA) is 26.3 Å². The molecule has 0 aliphatic rings. The van der Waals surface area contributed by atoms with Gasteiger partial charge in [-0.15, -0.1) is 82.8 Å². The fourth-order valence-electron chi connectivity index (χ4n) is 8.33. The maximum Gasteiger partial charge on any atom is 0.0896 e. The largest absolute Gasteiger partial charge is 0.496 e. The second kappa shape index (κ2) is 21.2. The molecule has 0 saturated heterocycles. The van der Waals surface area contributed by atoms with E-state index < -0.39 is 0 Å². The molecule has 8 aromatic carbocycles. The molecule has 0 radical (unpaired) electrons. The van der Waals surface area contributed by atoms with Crippen LogP contribution in [-0.2, 0) is 23.3 Å². The van der Waals surface area contributed by atoms with Crippen molar-refractivity contribution in [2.24, 2.45) is 0 Å². The van der Waals surface area contributed by atoms with Gasteiger partial charge in [-0.05, 0) is 110 Å². The number of fused-ring (bicyclic) bond motifs is 2. The molecule has 0 spiro atoms. The van der Waals surface area contributed by atoms with E-state index in [0.29, 0.717) is 0 Å². The zero-order chi connectivity index (χ0) is 43.5. The van der Waals surface area contributed by atoms with Crippen molar-refractivity contribution in [2.75, 3.05) is 0 Å². The minimum Gasteiger partial charge on any atom is -0.496 e. The zero-order valence-corrected chi connectivity index (χ0v) is 42.9. The molecular formula is C58H54Cl2O2SiZr. The summed E-state index contributed by atoms with van der Waals surface area (Å²) >= 11 is 1.74. The fraction of sp³-hybridized carbons (Fsp3) is 0.138. The molecule has 0 aliphatic heterocycles. The Hall–Kier alpha value is -5.22. The van der Waals surface area contributed by atoms with Crippen molar-refractivity contribution in [3.05, 3.63) is 204 Å². The summed E-state index contributed by atoms with van der Waals surface area (Å²) in [6.45, 7) is 17.4. The number of hydrogen-bond acceptors (Lipinski definition) is 2. The van der Waals surface area contributed by atoms with Gasteiger partial charge in [-0.25, -0.2) is 0 Å². The molecule has 0 atom stereocenters. The first kappa shape index (κ1) is 48.2. The maximum atomic E-state index is 5.87. The molecule has 6 heteroatoms. The normalized spacial score (nSPS) is 10.7. The number of benzene rings is 6. The van der Waals surface area contributed by atoms with Gasteiger partial charge in [0.2, 0.25) is 0 Å². The van der Waals surface area contributed by atoms with E-state index in [2.05, 4.69) is 199 Å². The molecule has 320 valence electrons. The van der Waals surface area contributed by atoms with Crippen molar-refractivity contribution in [2.45, 2.75) is 54.6 Å². The molecular weight excluding hydrogens is 919 g/mol. The molecule has 0 fully saturated rings. The van der Waals surface area contributed by atoms with E-state index in [1.807, 2.05) is 26.0 Å². The van der Waals surface area contributed by atoms with Gasteiger partial charge in [-0.2, -0.15) is 0 Å². The monoisotopic (exact) mass is 970 g/mol. The first-order valence-electron chi connectivity index (χ1n) is 21.3. The van der Waals surface area contributed by atoms with Gasteiger partial charge >= 0.3 is 41.9 Å². The summed E-state index contributed by atoms with van der Waals surface area (Å²) in [6.07, 6.45) is 0. The van der Waals surface area contributed by atoms with E-state index >= 15 is 0 Å². The van der Waals surface area contributed by atoms with Crippen LogP contribution in [0.4, 0.5) is 0 Å². The Morgan fingerprint density at radius 1 is 0.406 bits per heavy atom. The van der Waals surface area contributed by atoms with Gasteiger partial charge in [0.1, 0.15) is 0 Å². The third-order valence-corrected chi connectivity index (χ3v) is 11.7. The van der Waals surface area contributed by atoms with Gasteiger partial charge in [-0.3, -0.25) is 0 Å². The average Bonchev–Trinajstić information content (AvgIpc) is 4.10. The second-order valence-corrected chi connectivity index (χ2v) is 26.0. The third kappa shape index (κ3) is 10.7. The van der Waals surface area contributed by atoms with Crippen LogP contribution in [0.2, 0.25) is 13.1 Å². The fourth-order valence-corrected chi connectivity index (χ4v) is 8.33. The Morgan fingerprint density at radius 2 is 0.719 bits per heavy atom. The van der Waals surface area contributed by atoms with Crippen LogP contribution >= 0.6 is 24.8 Å². The molecule has 0 aliphatic carbocycles. The van der Waals surface area contributed by atoms with Gasteiger partial charge < -0.3 is 8.83 Å². The molecule has 2 heterocycles. The summed E-state index contributed by atoms with van der Waals surface area (Å²) in [6, 6.07) is 60.6. The van der Waals surface area contributed by atoms with Crippen molar-refractivity contribution >= 4 is 51.8 Å².